The molecule has 16 nitrogen and oxygen atoms in total. The number of hydrogen-bond acceptors (Lipinski definition) is 10. The normalized spacial score (nSPS) is 23.8. The Hall–Kier alpha value is -4.54. The number of carbonyl (C=O) groups excluding carboxylic acids is 5. The van der Waals surface area contributed by atoms with Crippen LogP contribution in [0.3, 0.4) is 0 Å². The second-order valence-electron chi connectivity index (χ2n) is 16.1. The number of rotatable bonds is 13. The summed E-state index contributed by atoms with van der Waals surface area (Å²) in [6.45, 7) is 9.28. The van der Waals surface area contributed by atoms with Gasteiger partial charge in [-0.05, 0) is 99.9 Å². The molecule has 1 fully saturated rings. The fourth-order valence-electron chi connectivity index (χ4n) is 7.31. The molecule has 0 aromatic heterocycles. The number of nitrogens with two attached hydrogens (primary N) is 2. The van der Waals surface area contributed by atoms with E-state index in [0.29, 0.717) is 88.5 Å². The number of unbranched alkanes of at least 4 members (excludes halogenated alkanes) is 1. The van der Waals surface area contributed by atoms with E-state index in [1.54, 1.807) is 19.1 Å². The SMILES string of the molecule is CC[C@H](C)[C@H](NC(=O)[C@@H]1Cc2ccc(O)c(c2)C/C=C/CNCCCC[C@H](N)C(=O)N[C@@H](CCCCN)C(=O)N2CCC[C@H]2C(=O)N1)C(=O)N[C@@H](CC(C)C)C(=O)O. The Balaban J connectivity index is 2.00. The molecule has 0 radical (unpaired) electrons. The quantitative estimate of drug-likeness (QED) is 0.102. The molecule has 16 heteroatoms. The molecule has 5 amide bonds. The summed E-state index contributed by atoms with van der Waals surface area (Å²) in [6.07, 6.45) is 9.19. The fraction of sp³-hybridized carbons (Fsp3) is 0.667. The van der Waals surface area contributed by atoms with Crippen molar-refractivity contribution in [2.45, 2.75) is 141 Å². The summed E-state index contributed by atoms with van der Waals surface area (Å²) in [6, 6.07) is -1.25. The van der Waals surface area contributed by atoms with Crippen molar-refractivity contribution >= 4 is 35.5 Å². The van der Waals surface area contributed by atoms with E-state index in [2.05, 4.69) is 26.6 Å². The highest BCUT2D eigenvalue weighted by Crippen LogP contribution is 2.23. The summed E-state index contributed by atoms with van der Waals surface area (Å²) in [5, 5.41) is 35.0. The van der Waals surface area contributed by atoms with Crippen LogP contribution >= 0.6 is 0 Å². The smallest absolute Gasteiger partial charge is 0.326 e. The Morgan fingerprint density at radius 3 is 2.43 bits per heavy atom. The number of aromatic hydroxyl groups is 1. The number of carboxylic acids is 1. The van der Waals surface area contributed by atoms with Crippen molar-refractivity contribution < 1.29 is 39.0 Å². The first-order valence-electron chi connectivity index (χ1n) is 21.0. The number of benzene rings is 1. The summed E-state index contributed by atoms with van der Waals surface area (Å²) < 4.78 is 0. The van der Waals surface area contributed by atoms with Gasteiger partial charge in [0.15, 0.2) is 0 Å². The monoisotopic (exact) mass is 813 g/mol. The number of carbonyl (C=O) groups is 6. The summed E-state index contributed by atoms with van der Waals surface area (Å²) in [7, 11) is 0. The highest BCUT2D eigenvalue weighted by molar-refractivity contribution is 5.96. The maximum atomic E-state index is 14.3. The number of nitrogens with zero attached hydrogens (tertiary/aromatic N) is 1. The van der Waals surface area contributed by atoms with E-state index >= 15 is 0 Å². The zero-order valence-electron chi connectivity index (χ0n) is 34.8. The van der Waals surface area contributed by atoms with E-state index in [0.717, 1.165) is 6.42 Å². The lowest BCUT2D eigenvalue weighted by Gasteiger charge is -2.31. The van der Waals surface area contributed by atoms with Crippen LogP contribution in [0.15, 0.2) is 30.4 Å². The Morgan fingerprint density at radius 2 is 1.74 bits per heavy atom. The molecule has 7 atom stereocenters. The molecule has 58 heavy (non-hydrogen) atoms. The zero-order chi connectivity index (χ0) is 42.8. The molecular formula is C42H68N8O8. The molecule has 2 aliphatic heterocycles. The van der Waals surface area contributed by atoms with Crippen molar-refractivity contribution in [1.29, 1.82) is 0 Å². The zero-order valence-corrected chi connectivity index (χ0v) is 34.8. The van der Waals surface area contributed by atoms with E-state index in [-0.39, 0.29) is 31.1 Å². The Labute approximate surface area is 343 Å². The van der Waals surface area contributed by atoms with Crippen molar-refractivity contribution in [2.75, 3.05) is 26.2 Å². The predicted octanol–water partition coefficient (Wildman–Crippen LogP) is 1.37. The first kappa shape index (κ1) is 47.8. The van der Waals surface area contributed by atoms with Crippen LogP contribution in [-0.2, 0) is 41.6 Å². The molecule has 0 aliphatic carbocycles. The van der Waals surface area contributed by atoms with Gasteiger partial charge < -0.3 is 53.2 Å². The van der Waals surface area contributed by atoms with Crippen molar-refractivity contribution in [3.63, 3.8) is 0 Å². The molecule has 3 rings (SSSR count). The number of fused-ring (bicyclic) bond motifs is 3. The predicted molar refractivity (Wildman–Crippen MR) is 221 cm³/mol. The number of allylic oxidation sites excluding steroid dienone is 1. The maximum Gasteiger partial charge on any atom is 0.326 e. The lowest BCUT2D eigenvalue weighted by Crippen LogP contribution is -2.60. The van der Waals surface area contributed by atoms with Gasteiger partial charge in [0.1, 0.15) is 36.0 Å². The highest BCUT2D eigenvalue weighted by Gasteiger charge is 2.40. The third-order valence-electron chi connectivity index (χ3n) is 11.0. The van der Waals surface area contributed by atoms with Crippen LogP contribution < -0.4 is 38.1 Å². The van der Waals surface area contributed by atoms with Gasteiger partial charge in [-0.2, -0.15) is 0 Å². The fourth-order valence-corrected chi connectivity index (χ4v) is 7.31. The number of nitrogens with one attached hydrogen (secondary N) is 5. The van der Waals surface area contributed by atoms with Gasteiger partial charge in [0.05, 0.1) is 6.04 Å². The van der Waals surface area contributed by atoms with Crippen LogP contribution in [0.4, 0.5) is 0 Å². The molecule has 2 aliphatic rings. The topological polar surface area (TPSA) is 258 Å². The third-order valence-corrected chi connectivity index (χ3v) is 11.0. The van der Waals surface area contributed by atoms with Gasteiger partial charge in [-0.15, -0.1) is 0 Å². The van der Waals surface area contributed by atoms with Gasteiger partial charge in [0.2, 0.25) is 29.5 Å². The standard InChI is InChI=1S/C42H68N8O8/c1-5-27(4)36(40(55)48-33(42(57)58)23-26(2)3)49-38(53)32-25-28-17-18-35(51)29(24-28)13-7-10-20-45-21-11-8-14-30(44)37(52)46-31(15-6-9-19-43)41(56)50-22-12-16-34(50)39(54)47-32/h7,10,17-18,24,26-27,30-34,36,45,51H,5-6,8-9,11-16,19-23,25,43-44H2,1-4H3,(H,46,52)(H,47,54)(H,48,55)(H,49,53)(H,57,58)/b10-7+/t27-,30-,31-,32-,33-,34-,36-/m0/s1. The number of phenolic OH excluding ortho intramolecular Hbond substituents is 1. The lowest BCUT2D eigenvalue weighted by atomic mass is 9.95. The van der Waals surface area contributed by atoms with Gasteiger partial charge in [0.25, 0.3) is 0 Å². The van der Waals surface area contributed by atoms with Crippen LogP contribution in [0.2, 0.25) is 0 Å². The summed E-state index contributed by atoms with van der Waals surface area (Å²) in [5.41, 5.74) is 13.2. The van der Waals surface area contributed by atoms with E-state index in [1.807, 2.05) is 32.9 Å². The average Bonchev–Trinajstić information content (AvgIpc) is 3.68. The molecule has 0 unspecified atom stereocenters. The van der Waals surface area contributed by atoms with E-state index in [4.69, 9.17) is 11.5 Å². The van der Waals surface area contributed by atoms with E-state index < -0.39 is 77.7 Å². The molecule has 1 aromatic carbocycles. The molecule has 1 saturated heterocycles. The Kier molecular flexibility index (Phi) is 20.1. The number of amides is 5. The summed E-state index contributed by atoms with van der Waals surface area (Å²) in [4.78, 5) is 83.0. The minimum absolute atomic E-state index is 0.0209. The van der Waals surface area contributed by atoms with Crippen molar-refractivity contribution in [3.05, 3.63) is 41.5 Å². The van der Waals surface area contributed by atoms with Crippen LogP contribution in [0.25, 0.3) is 0 Å². The van der Waals surface area contributed by atoms with Crippen molar-refractivity contribution in [3.8, 4) is 5.75 Å². The van der Waals surface area contributed by atoms with Gasteiger partial charge >= 0.3 is 5.97 Å². The first-order chi connectivity index (χ1) is 27.7. The molecule has 11 N–H and O–H groups in total. The first-order valence-corrected chi connectivity index (χ1v) is 21.0. The molecule has 2 heterocycles. The van der Waals surface area contributed by atoms with Crippen LogP contribution in [-0.4, -0.2) is 113 Å². The second kappa shape index (κ2) is 24.4. The van der Waals surface area contributed by atoms with Crippen molar-refractivity contribution in [2.24, 2.45) is 23.3 Å². The van der Waals surface area contributed by atoms with Crippen LogP contribution in [0.5, 0.6) is 5.75 Å². The van der Waals surface area contributed by atoms with E-state index in [1.165, 1.54) is 11.0 Å². The molecule has 1 aromatic rings. The van der Waals surface area contributed by atoms with Gasteiger partial charge in [-0.1, -0.05) is 64.8 Å². The number of hydrogen-bond donors (Lipinski definition) is 9. The van der Waals surface area contributed by atoms with Gasteiger partial charge in [0, 0.05) is 19.5 Å². The minimum atomic E-state index is -1.23. The molecule has 0 saturated carbocycles. The number of carboxylic acid groups (broad SMARTS) is 1. The minimum Gasteiger partial charge on any atom is -0.508 e. The largest absolute Gasteiger partial charge is 0.508 e. The third kappa shape index (κ3) is 15.0. The van der Waals surface area contributed by atoms with Crippen LogP contribution in [0, 0.1) is 11.8 Å². The molecule has 324 valence electrons. The highest BCUT2D eigenvalue weighted by atomic mass is 16.4. The van der Waals surface area contributed by atoms with Gasteiger partial charge in [-0.3, -0.25) is 24.0 Å². The Morgan fingerprint density at radius 1 is 0.983 bits per heavy atom. The second-order valence-corrected chi connectivity index (χ2v) is 16.1. The average molecular weight is 813 g/mol. The number of aliphatic carboxylic acids is 1. The summed E-state index contributed by atoms with van der Waals surface area (Å²) >= 11 is 0. The summed E-state index contributed by atoms with van der Waals surface area (Å²) in [5.74, 6) is -4.30. The molecule has 0 spiro atoms. The van der Waals surface area contributed by atoms with E-state index in [9.17, 15) is 39.0 Å². The van der Waals surface area contributed by atoms with Crippen LogP contribution in [0.1, 0.15) is 103 Å². The maximum absolute atomic E-state index is 14.3. The van der Waals surface area contributed by atoms with Crippen molar-refractivity contribution in [1.82, 2.24) is 31.5 Å². The molecular weight excluding hydrogens is 745 g/mol. The Bertz CT molecular complexity index is 1570. The molecule has 2 bridgehead atoms. The number of phenols is 1. The lowest BCUT2D eigenvalue weighted by molar-refractivity contribution is -0.143. The van der Waals surface area contributed by atoms with Gasteiger partial charge in [-0.25, -0.2) is 4.79 Å².